The fraction of sp³-hybridized carbons (Fsp3) is 1.00. The Morgan fingerprint density at radius 3 is 0.818 bits per heavy atom. The molecule has 0 aliphatic rings. The summed E-state index contributed by atoms with van der Waals surface area (Å²) < 4.78 is 65.9. The van der Waals surface area contributed by atoms with Crippen molar-refractivity contribution in [3.8, 4) is 0 Å². The molecule has 0 unspecified atom stereocenters. The molecule has 0 aromatic carbocycles. The third-order valence-electron chi connectivity index (χ3n) is 0.712. The minimum atomic E-state index is -5.27. The van der Waals surface area contributed by atoms with E-state index in [2.05, 4.69) is 0 Å². The first-order valence-corrected chi connectivity index (χ1v) is 4.17. The maximum atomic E-state index is 11.6. The molecule has 0 aromatic rings. The molecule has 0 nitrogen and oxygen atoms in total. The Balaban J connectivity index is 4.75. The Bertz CT molecular complexity index is 127. The van der Waals surface area contributed by atoms with Gasteiger partial charge in [-0.1, -0.05) is 0 Å². The summed E-state index contributed by atoms with van der Waals surface area (Å²) in [6.07, 6.45) is -10.5. The van der Waals surface area contributed by atoms with Crippen LogP contribution in [0.15, 0.2) is 0 Å². The van der Waals surface area contributed by atoms with E-state index >= 15 is 0 Å². The molecule has 0 spiro atoms. The molecule has 0 amide bonds. The van der Waals surface area contributed by atoms with Crippen molar-refractivity contribution in [1.82, 2.24) is 0 Å². The van der Waals surface area contributed by atoms with Gasteiger partial charge in [0.15, 0.2) is 0 Å². The Morgan fingerprint density at radius 2 is 0.818 bits per heavy atom. The lowest BCUT2D eigenvalue weighted by Crippen LogP contribution is -2.46. The highest BCUT2D eigenvalue weighted by Crippen LogP contribution is 2.54. The maximum absolute atomic E-state index is 11.6. The van der Waals surface area contributed by atoms with E-state index in [1.165, 1.54) is 0 Å². The number of hydrogen-bond donors (Lipinski definition) is 0. The largest absolute Gasteiger partial charge is 0.420 e. The molecule has 8 heteroatoms. The molecule has 0 aromatic heterocycles. The van der Waals surface area contributed by atoms with Crippen LogP contribution in [0.4, 0.5) is 26.3 Å². The van der Waals surface area contributed by atoms with Crippen LogP contribution in [-0.4, -0.2) is 13.8 Å². The van der Waals surface area contributed by atoms with E-state index in [1.54, 1.807) is 0 Å². The van der Waals surface area contributed by atoms with Crippen molar-refractivity contribution in [2.24, 2.45) is 0 Å². The fourth-order valence-electron chi connectivity index (χ4n) is 0.161. The molecule has 0 atom stereocenters. The lowest BCUT2D eigenvalue weighted by atomic mass is 10.4. The van der Waals surface area contributed by atoms with Gasteiger partial charge in [-0.25, -0.2) is 0 Å². The van der Waals surface area contributed by atoms with Crippen molar-refractivity contribution < 1.29 is 26.3 Å². The van der Waals surface area contributed by atoms with Crippen LogP contribution < -0.4 is 0 Å². The standard InChI is InChI=1S/C3F6I2/c4-2(5,6)1(10,11)3(7,8)9. The summed E-state index contributed by atoms with van der Waals surface area (Å²) in [6, 6.07) is 0. The topological polar surface area (TPSA) is 0 Å². The van der Waals surface area contributed by atoms with E-state index in [0.29, 0.717) is 45.2 Å². The van der Waals surface area contributed by atoms with Gasteiger partial charge in [0.1, 0.15) is 0 Å². The van der Waals surface area contributed by atoms with Crippen molar-refractivity contribution in [3.63, 3.8) is 0 Å². The first-order valence-electron chi connectivity index (χ1n) is 2.01. The van der Waals surface area contributed by atoms with Gasteiger partial charge in [0.25, 0.3) is 1.43 Å². The SMILES string of the molecule is FC(F)(F)C(I)(I)C(F)(F)F. The molecule has 0 aliphatic heterocycles. The fourth-order valence-corrected chi connectivity index (χ4v) is 0.161. The van der Waals surface area contributed by atoms with Gasteiger partial charge in [-0.05, 0) is 45.2 Å². The minimum Gasteiger partial charge on any atom is -0.168 e. The predicted molar refractivity (Wildman–Crippen MR) is 42.9 cm³/mol. The van der Waals surface area contributed by atoms with Crippen LogP contribution in [0.3, 0.4) is 0 Å². The lowest BCUT2D eigenvalue weighted by Gasteiger charge is -2.25. The van der Waals surface area contributed by atoms with Gasteiger partial charge < -0.3 is 0 Å². The molecule has 0 heterocycles. The second kappa shape index (κ2) is 3.07. The molecule has 0 saturated heterocycles. The van der Waals surface area contributed by atoms with Crippen molar-refractivity contribution in [1.29, 1.82) is 0 Å². The molecule has 0 aliphatic carbocycles. The smallest absolute Gasteiger partial charge is 0.168 e. The summed E-state index contributed by atoms with van der Waals surface area (Å²) in [7, 11) is 0. The number of rotatable bonds is 0. The van der Waals surface area contributed by atoms with E-state index in [9.17, 15) is 26.3 Å². The lowest BCUT2D eigenvalue weighted by molar-refractivity contribution is -0.224. The highest BCUT2D eigenvalue weighted by molar-refractivity contribution is 14.2. The second-order valence-electron chi connectivity index (χ2n) is 1.57. The monoisotopic (exact) mass is 404 g/mol. The predicted octanol–water partition coefficient (Wildman–Crippen LogP) is 3.68. The van der Waals surface area contributed by atoms with Crippen molar-refractivity contribution in [2.45, 2.75) is 13.8 Å². The molecular formula is C3F6I2. The van der Waals surface area contributed by atoms with Crippen LogP contribution in [-0.2, 0) is 0 Å². The van der Waals surface area contributed by atoms with Crippen LogP contribution in [0.5, 0.6) is 0 Å². The van der Waals surface area contributed by atoms with E-state index in [4.69, 9.17) is 0 Å². The average molecular weight is 404 g/mol. The molecule has 0 N–H and O–H groups in total. The summed E-state index contributed by atoms with van der Waals surface area (Å²) in [6.45, 7) is 0. The highest BCUT2D eigenvalue weighted by atomic mass is 127. The van der Waals surface area contributed by atoms with Gasteiger partial charge in [0.05, 0.1) is 0 Å². The Kier molecular flexibility index (Phi) is 3.36. The van der Waals surface area contributed by atoms with Crippen LogP contribution >= 0.6 is 45.2 Å². The zero-order valence-corrected chi connectivity index (χ0v) is 8.84. The molecule has 11 heavy (non-hydrogen) atoms. The Hall–Kier alpha value is 1.04. The van der Waals surface area contributed by atoms with E-state index in [0.717, 1.165) is 0 Å². The van der Waals surface area contributed by atoms with Crippen LogP contribution in [0.1, 0.15) is 0 Å². The third-order valence-corrected chi connectivity index (χ3v) is 3.16. The number of halogens is 8. The van der Waals surface area contributed by atoms with Crippen molar-refractivity contribution >= 4 is 45.2 Å². The Labute approximate surface area is 85.0 Å². The normalized spacial score (nSPS) is 15.3. The summed E-state index contributed by atoms with van der Waals surface area (Å²) in [4.78, 5) is 0. The zero-order chi connectivity index (χ0) is 9.50. The van der Waals surface area contributed by atoms with E-state index in [1.807, 2.05) is 0 Å². The summed E-state index contributed by atoms with van der Waals surface area (Å²) in [5, 5.41) is 0. The van der Waals surface area contributed by atoms with E-state index in [-0.39, 0.29) is 0 Å². The third kappa shape index (κ3) is 2.49. The number of hydrogen-bond acceptors (Lipinski definition) is 0. The van der Waals surface area contributed by atoms with Gasteiger partial charge in [0, 0.05) is 0 Å². The summed E-state index contributed by atoms with van der Waals surface area (Å²) in [5.74, 6) is 0. The zero-order valence-electron chi connectivity index (χ0n) is 4.52. The molecule has 0 bridgehead atoms. The van der Waals surface area contributed by atoms with E-state index < -0.39 is 13.8 Å². The quantitative estimate of drug-likeness (QED) is 0.329. The average Bonchev–Trinajstić information content (AvgIpc) is 1.58. The van der Waals surface area contributed by atoms with Gasteiger partial charge >= 0.3 is 12.4 Å². The molecule has 0 fully saturated rings. The maximum Gasteiger partial charge on any atom is 0.420 e. The minimum absolute atomic E-state index is 0.326. The van der Waals surface area contributed by atoms with Gasteiger partial charge in [-0.2, -0.15) is 26.3 Å². The van der Waals surface area contributed by atoms with Gasteiger partial charge in [-0.3, -0.25) is 0 Å². The van der Waals surface area contributed by atoms with Crippen molar-refractivity contribution in [3.05, 3.63) is 0 Å². The van der Waals surface area contributed by atoms with Crippen LogP contribution in [0.25, 0.3) is 0 Å². The van der Waals surface area contributed by atoms with Crippen LogP contribution in [0, 0.1) is 0 Å². The molecule has 0 saturated carbocycles. The highest BCUT2D eigenvalue weighted by Gasteiger charge is 2.68. The van der Waals surface area contributed by atoms with Gasteiger partial charge in [0.2, 0.25) is 0 Å². The molecule has 68 valence electrons. The molecule has 0 radical (unpaired) electrons. The van der Waals surface area contributed by atoms with Gasteiger partial charge in [-0.15, -0.1) is 0 Å². The summed E-state index contributed by atoms with van der Waals surface area (Å²) >= 11 is 0.652. The van der Waals surface area contributed by atoms with Crippen LogP contribution in [0.2, 0.25) is 0 Å². The number of alkyl halides is 8. The summed E-state index contributed by atoms with van der Waals surface area (Å²) in [5.41, 5.74) is 0. The first kappa shape index (κ1) is 12.0. The first-order chi connectivity index (χ1) is 4.50. The van der Waals surface area contributed by atoms with Crippen molar-refractivity contribution in [2.75, 3.05) is 0 Å². The Morgan fingerprint density at radius 1 is 0.636 bits per heavy atom. The molecular weight excluding hydrogens is 404 g/mol. The second-order valence-corrected chi connectivity index (χ2v) is 6.87. The molecule has 0 rings (SSSR count).